The van der Waals surface area contributed by atoms with E-state index in [2.05, 4.69) is 21.9 Å². The minimum Gasteiger partial charge on any atom is -0.497 e. The van der Waals surface area contributed by atoms with E-state index in [1.807, 2.05) is 0 Å². The van der Waals surface area contributed by atoms with Crippen molar-refractivity contribution in [3.05, 3.63) is 69.6 Å². The molecule has 0 unspecified atom stereocenters. The Bertz CT molecular complexity index is 1440. The van der Waals surface area contributed by atoms with E-state index in [-0.39, 0.29) is 11.5 Å². The highest BCUT2D eigenvalue weighted by Gasteiger charge is 2.23. The number of ether oxygens (including phenoxy) is 3. The van der Waals surface area contributed by atoms with Gasteiger partial charge in [-0.05, 0) is 79.3 Å². The number of hydrogen-bond acceptors (Lipinski definition) is 9. The lowest BCUT2D eigenvalue weighted by molar-refractivity contribution is -0.136. The van der Waals surface area contributed by atoms with Crippen LogP contribution in [-0.4, -0.2) is 38.2 Å². The van der Waals surface area contributed by atoms with Crippen molar-refractivity contribution in [2.45, 2.75) is 25.7 Å². The number of benzene rings is 2. The fourth-order valence-electron chi connectivity index (χ4n) is 3.88. The molecule has 0 saturated heterocycles. The second-order valence-corrected chi connectivity index (χ2v) is 9.31. The van der Waals surface area contributed by atoms with Gasteiger partial charge in [0.15, 0.2) is 11.5 Å². The van der Waals surface area contributed by atoms with E-state index in [4.69, 9.17) is 14.2 Å². The molecule has 194 valence electrons. The van der Waals surface area contributed by atoms with Gasteiger partial charge in [-0.1, -0.05) is 0 Å². The van der Waals surface area contributed by atoms with Gasteiger partial charge in [0.25, 0.3) is 0 Å². The summed E-state index contributed by atoms with van der Waals surface area (Å²) in [5.74, 6) is -1.39. The molecule has 0 spiro atoms. The normalized spacial score (nSPS) is 12.2. The molecule has 0 saturated carbocycles. The van der Waals surface area contributed by atoms with Crippen molar-refractivity contribution in [2.75, 3.05) is 19.5 Å². The molecule has 0 fully saturated rings. The molecule has 0 aliphatic heterocycles. The summed E-state index contributed by atoms with van der Waals surface area (Å²) < 4.78 is 15.8. The largest absolute Gasteiger partial charge is 0.497 e. The first-order valence-electron chi connectivity index (χ1n) is 11.7. The molecule has 2 amide bonds. The van der Waals surface area contributed by atoms with Crippen LogP contribution in [0.15, 0.2) is 47.6 Å². The number of methoxy groups -OCH3 is 2. The van der Waals surface area contributed by atoms with Crippen LogP contribution in [0.3, 0.4) is 0 Å². The smallest absolute Gasteiger partial charge is 0.343 e. The Morgan fingerprint density at radius 3 is 2.47 bits per heavy atom. The van der Waals surface area contributed by atoms with E-state index in [0.29, 0.717) is 27.4 Å². The number of rotatable bonds is 7. The fraction of sp³-hybridized carbons (Fsp3) is 0.222. The molecule has 10 nitrogen and oxygen atoms in total. The number of nitrogens with zero attached hydrogens (tertiary/aromatic N) is 2. The Labute approximate surface area is 222 Å². The molecule has 38 heavy (non-hydrogen) atoms. The maximum absolute atomic E-state index is 12.5. The maximum Gasteiger partial charge on any atom is 0.343 e. The summed E-state index contributed by atoms with van der Waals surface area (Å²) in [7, 11) is 2.95. The van der Waals surface area contributed by atoms with Crippen LogP contribution < -0.4 is 25.0 Å². The Morgan fingerprint density at radius 1 is 1.00 bits per heavy atom. The number of hydrogen-bond donors (Lipinski definition) is 2. The second kappa shape index (κ2) is 12.0. The number of carbonyl (C=O) groups excluding carboxylic acids is 3. The third-order valence-corrected chi connectivity index (χ3v) is 7.02. The van der Waals surface area contributed by atoms with Crippen LogP contribution in [0, 0.1) is 11.3 Å². The summed E-state index contributed by atoms with van der Waals surface area (Å²) in [5, 5.41) is 16.2. The maximum atomic E-state index is 12.5. The summed E-state index contributed by atoms with van der Waals surface area (Å²) in [5.41, 5.74) is 4.41. The monoisotopic (exact) mass is 532 g/mol. The van der Waals surface area contributed by atoms with Crippen LogP contribution in [0.1, 0.15) is 44.8 Å². The topological polar surface area (TPSA) is 139 Å². The molecule has 4 rings (SSSR count). The highest BCUT2D eigenvalue weighted by Crippen LogP contribution is 2.37. The van der Waals surface area contributed by atoms with Gasteiger partial charge in [0.05, 0.1) is 31.6 Å². The summed E-state index contributed by atoms with van der Waals surface area (Å²) >= 11 is 1.33. The Kier molecular flexibility index (Phi) is 8.35. The van der Waals surface area contributed by atoms with Crippen molar-refractivity contribution in [3.8, 4) is 23.3 Å². The number of nitriles is 1. The Balaban J connectivity index is 1.36. The number of hydrazone groups is 1. The van der Waals surface area contributed by atoms with E-state index in [0.717, 1.165) is 36.1 Å². The van der Waals surface area contributed by atoms with Crippen molar-refractivity contribution in [3.63, 3.8) is 0 Å². The van der Waals surface area contributed by atoms with Crippen LogP contribution in [0.25, 0.3) is 0 Å². The number of fused-ring (bicyclic) bond motifs is 1. The zero-order chi connectivity index (χ0) is 27.1. The fourth-order valence-corrected chi connectivity index (χ4v) is 5.12. The summed E-state index contributed by atoms with van der Waals surface area (Å²) in [4.78, 5) is 38.1. The van der Waals surface area contributed by atoms with Gasteiger partial charge in [-0.3, -0.25) is 9.59 Å². The quantitative estimate of drug-likeness (QED) is 0.155. The molecule has 11 heteroatoms. The van der Waals surface area contributed by atoms with E-state index in [9.17, 15) is 19.6 Å². The number of carbonyl (C=O) groups is 3. The molecule has 3 aromatic rings. The number of anilines is 1. The lowest BCUT2D eigenvalue weighted by Crippen LogP contribution is -2.32. The minimum absolute atomic E-state index is 0.195. The molecule has 0 bridgehead atoms. The van der Waals surface area contributed by atoms with Crippen LogP contribution >= 0.6 is 11.3 Å². The number of amides is 2. The summed E-state index contributed by atoms with van der Waals surface area (Å²) in [6, 6.07) is 13.3. The Hall–Kier alpha value is -4.69. The van der Waals surface area contributed by atoms with Gasteiger partial charge in [-0.15, -0.1) is 11.3 Å². The molecular weight excluding hydrogens is 508 g/mol. The average Bonchev–Trinajstić information content (AvgIpc) is 3.30. The first-order valence-corrected chi connectivity index (χ1v) is 12.5. The van der Waals surface area contributed by atoms with E-state index >= 15 is 0 Å². The highest BCUT2D eigenvalue weighted by molar-refractivity contribution is 7.16. The number of thiophene rings is 1. The van der Waals surface area contributed by atoms with Crippen molar-refractivity contribution in [1.29, 1.82) is 5.26 Å². The molecule has 0 atom stereocenters. The minimum atomic E-state index is -0.978. The first-order chi connectivity index (χ1) is 18.4. The van der Waals surface area contributed by atoms with Gasteiger partial charge < -0.3 is 19.5 Å². The molecule has 1 aliphatic rings. The van der Waals surface area contributed by atoms with Gasteiger partial charge >= 0.3 is 17.8 Å². The molecule has 1 aromatic heterocycles. The second-order valence-electron chi connectivity index (χ2n) is 8.21. The van der Waals surface area contributed by atoms with E-state index in [1.165, 1.54) is 37.8 Å². The number of nitrogens with one attached hydrogen (secondary N) is 2. The standard InChI is InChI=1S/C27H24N4O6S/c1-35-18-10-8-17(9-11-18)27(34)37-21-12-7-16(13-22(21)36-2)15-29-31-25(33)24(32)30-26-20(14-28)19-5-3-4-6-23(19)38-26/h7-13,15H,3-6H2,1-2H3,(H,30,32)(H,31,33)/b29-15-. The molecule has 2 aromatic carbocycles. The predicted molar refractivity (Wildman–Crippen MR) is 141 cm³/mol. The first kappa shape index (κ1) is 26.4. The predicted octanol–water partition coefficient (Wildman–Crippen LogP) is 3.82. The molecule has 1 heterocycles. The Morgan fingerprint density at radius 2 is 1.76 bits per heavy atom. The van der Waals surface area contributed by atoms with Crippen LogP contribution in [0.5, 0.6) is 17.2 Å². The van der Waals surface area contributed by atoms with Crippen LogP contribution in [0.2, 0.25) is 0 Å². The van der Waals surface area contributed by atoms with E-state index in [1.54, 1.807) is 36.4 Å². The average molecular weight is 533 g/mol. The van der Waals surface area contributed by atoms with Crippen LogP contribution in [0.4, 0.5) is 5.00 Å². The number of aryl methyl sites for hydroxylation is 1. The van der Waals surface area contributed by atoms with Crippen molar-refractivity contribution in [1.82, 2.24) is 5.43 Å². The SMILES string of the molecule is COc1ccc(C(=O)Oc2ccc(/C=N\NC(=O)C(=O)Nc3sc4c(c3C#N)CCCC4)cc2OC)cc1. The third-order valence-electron chi connectivity index (χ3n) is 5.81. The molecule has 0 radical (unpaired) electrons. The zero-order valence-corrected chi connectivity index (χ0v) is 21.5. The van der Waals surface area contributed by atoms with Crippen molar-refractivity contribution < 1.29 is 28.6 Å². The number of esters is 1. The lowest BCUT2D eigenvalue weighted by atomic mass is 9.96. The molecule has 1 aliphatic carbocycles. The summed E-state index contributed by atoms with van der Waals surface area (Å²) in [6.07, 6.45) is 5.01. The van der Waals surface area contributed by atoms with Crippen LogP contribution in [-0.2, 0) is 22.4 Å². The van der Waals surface area contributed by atoms with Crippen molar-refractivity contribution >= 4 is 40.3 Å². The van der Waals surface area contributed by atoms with Gasteiger partial charge in [-0.25, -0.2) is 10.2 Å². The lowest BCUT2D eigenvalue weighted by Gasteiger charge is -2.10. The van der Waals surface area contributed by atoms with Crippen molar-refractivity contribution in [2.24, 2.45) is 5.10 Å². The van der Waals surface area contributed by atoms with E-state index < -0.39 is 17.8 Å². The molecular formula is C27H24N4O6S. The summed E-state index contributed by atoms with van der Waals surface area (Å²) in [6.45, 7) is 0. The molecule has 2 N–H and O–H groups in total. The third kappa shape index (κ3) is 5.99. The van der Waals surface area contributed by atoms with Gasteiger partial charge in [0.1, 0.15) is 16.8 Å². The van der Waals surface area contributed by atoms with Gasteiger partial charge in [0.2, 0.25) is 0 Å². The zero-order valence-electron chi connectivity index (χ0n) is 20.7. The van der Waals surface area contributed by atoms with Gasteiger partial charge in [0, 0.05) is 4.88 Å². The van der Waals surface area contributed by atoms with Gasteiger partial charge in [-0.2, -0.15) is 10.4 Å². The highest BCUT2D eigenvalue weighted by atomic mass is 32.1.